The lowest BCUT2D eigenvalue weighted by atomic mass is 10.1. The largest absolute Gasteiger partial charge is 0.467 e. The average molecular weight is 551 g/mol. The Hall–Kier alpha value is -1.17. The van der Waals surface area contributed by atoms with Gasteiger partial charge in [-0.25, -0.2) is 4.39 Å². The molecule has 0 unspecified atom stereocenters. The fourth-order valence-electron chi connectivity index (χ4n) is 3.84. The Morgan fingerprint density at radius 1 is 1.29 bits per heavy atom. The Bertz CT molecular complexity index is 700. The van der Waals surface area contributed by atoms with Gasteiger partial charge in [0, 0.05) is 52.1 Å². The SMILES string of the molecule is CCNC(=NCCc1cc(F)cc2c1OCOC2)N1CCC(OCCCOC)CC1.I. The van der Waals surface area contributed by atoms with Crippen molar-refractivity contribution in [1.82, 2.24) is 10.2 Å². The number of halogens is 2. The van der Waals surface area contributed by atoms with Gasteiger partial charge in [-0.05, 0) is 50.3 Å². The van der Waals surface area contributed by atoms with E-state index < -0.39 is 0 Å². The number of methoxy groups -OCH3 is 1. The van der Waals surface area contributed by atoms with Gasteiger partial charge in [-0.1, -0.05) is 0 Å². The van der Waals surface area contributed by atoms with Gasteiger partial charge in [0.05, 0.1) is 12.7 Å². The zero-order valence-corrected chi connectivity index (χ0v) is 20.9. The maximum absolute atomic E-state index is 13.9. The summed E-state index contributed by atoms with van der Waals surface area (Å²) >= 11 is 0. The molecule has 0 spiro atoms. The predicted octanol–water partition coefficient (Wildman–Crippen LogP) is 3.34. The zero-order chi connectivity index (χ0) is 21.2. The Morgan fingerprint density at radius 3 is 2.84 bits per heavy atom. The van der Waals surface area contributed by atoms with Crippen LogP contribution in [0.1, 0.15) is 37.3 Å². The van der Waals surface area contributed by atoms with Crippen molar-refractivity contribution in [3.8, 4) is 5.75 Å². The summed E-state index contributed by atoms with van der Waals surface area (Å²) < 4.78 is 35.8. The van der Waals surface area contributed by atoms with Gasteiger partial charge in [-0.15, -0.1) is 24.0 Å². The summed E-state index contributed by atoms with van der Waals surface area (Å²) in [5.41, 5.74) is 1.61. The summed E-state index contributed by atoms with van der Waals surface area (Å²) in [4.78, 5) is 7.07. The van der Waals surface area contributed by atoms with Crippen molar-refractivity contribution < 1.29 is 23.3 Å². The first kappa shape index (κ1) is 26.1. The molecule has 1 aromatic carbocycles. The van der Waals surface area contributed by atoms with Crippen molar-refractivity contribution in [1.29, 1.82) is 0 Å². The van der Waals surface area contributed by atoms with Crippen LogP contribution in [0.5, 0.6) is 5.75 Å². The van der Waals surface area contributed by atoms with Crippen LogP contribution in [0.2, 0.25) is 0 Å². The van der Waals surface area contributed by atoms with Gasteiger partial charge in [0.25, 0.3) is 0 Å². The molecule has 0 bridgehead atoms. The molecule has 2 aliphatic rings. The molecule has 2 heterocycles. The molecular weight excluding hydrogens is 516 g/mol. The van der Waals surface area contributed by atoms with E-state index in [1.807, 2.05) is 0 Å². The monoisotopic (exact) mass is 551 g/mol. The summed E-state index contributed by atoms with van der Waals surface area (Å²) in [6.45, 7) is 7.35. The number of benzene rings is 1. The molecule has 1 aromatic rings. The minimum Gasteiger partial charge on any atom is -0.467 e. The van der Waals surface area contributed by atoms with E-state index in [2.05, 4.69) is 17.1 Å². The first-order chi connectivity index (χ1) is 14.7. The molecular formula is C22H35FIN3O4. The van der Waals surface area contributed by atoms with E-state index in [0.29, 0.717) is 25.7 Å². The van der Waals surface area contributed by atoms with Crippen LogP contribution in [0.15, 0.2) is 17.1 Å². The summed E-state index contributed by atoms with van der Waals surface area (Å²) in [6, 6.07) is 3.02. The number of piperidine rings is 1. The molecule has 0 radical (unpaired) electrons. The Balaban J connectivity index is 0.00000341. The van der Waals surface area contributed by atoms with Gasteiger partial charge in [0.15, 0.2) is 12.8 Å². The molecule has 1 saturated heterocycles. The molecule has 9 heteroatoms. The number of ether oxygens (including phenoxy) is 4. The molecule has 3 rings (SSSR count). The molecule has 1 fully saturated rings. The highest BCUT2D eigenvalue weighted by Crippen LogP contribution is 2.29. The third-order valence-corrected chi connectivity index (χ3v) is 5.32. The van der Waals surface area contributed by atoms with Gasteiger partial charge < -0.3 is 29.2 Å². The number of nitrogens with zero attached hydrogens (tertiary/aromatic N) is 2. The zero-order valence-electron chi connectivity index (χ0n) is 18.5. The quantitative estimate of drug-likeness (QED) is 0.220. The average Bonchev–Trinajstić information content (AvgIpc) is 2.76. The number of aliphatic imine (C=N–C) groups is 1. The number of hydrogen-bond acceptors (Lipinski definition) is 5. The van der Waals surface area contributed by atoms with E-state index in [0.717, 1.165) is 74.9 Å². The van der Waals surface area contributed by atoms with Gasteiger partial charge in [-0.3, -0.25) is 4.99 Å². The Morgan fingerprint density at radius 2 is 2.10 bits per heavy atom. The van der Waals surface area contributed by atoms with Gasteiger partial charge in [0.1, 0.15) is 11.6 Å². The fraction of sp³-hybridized carbons (Fsp3) is 0.682. The van der Waals surface area contributed by atoms with Crippen LogP contribution in [-0.4, -0.2) is 70.3 Å². The normalized spacial score (nSPS) is 17.0. The highest BCUT2D eigenvalue weighted by Gasteiger charge is 2.22. The van der Waals surface area contributed by atoms with Crippen molar-refractivity contribution in [3.63, 3.8) is 0 Å². The summed E-state index contributed by atoms with van der Waals surface area (Å²) in [7, 11) is 1.71. The minimum absolute atomic E-state index is 0. The van der Waals surface area contributed by atoms with E-state index in [9.17, 15) is 4.39 Å². The minimum atomic E-state index is -0.263. The number of rotatable bonds is 9. The number of fused-ring (bicyclic) bond motifs is 1. The molecule has 7 nitrogen and oxygen atoms in total. The molecule has 0 atom stereocenters. The van der Waals surface area contributed by atoms with Crippen LogP contribution in [0.3, 0.4) is 0 Å². The molecule has 0 aromatic heterocycles. The lowest BCUT2D eigenvalue weighted by molar-refractivity contribution is -0.0172. The number of nitrogens with one attached hydrogen (secondary N) is 1. The first-order valence-corrected chi connectivity index (χ1v) is 10.9. The number of guanidine groups is 1. The van der Waals surface area contributed by atoms with Crippen molar-refractivity contribution in [3.05, 3.63) is 29.1 Å². The molecule has 0 amide bonds. The second-order valence-corrected chi connectivity index (χ2v) is 7.55. The van der Waals surface area contributed by atoms with Crippen molar-refractivity contribution in [2.75, 3.05) is 53.3 Å². The Kier molecular flexibility index (Phi) is 11.8. The lowest BCUT2D eigenvalue weighted by Gasteiger charge is -2.34. The molecule has 176 valence electrons. The third-order valence-electron chi connectivity index (χ3n) is 5.32. The van der Waals surface area contributed by atoms with Crippen LogP contribution in [-0.2, 0) is 27.2 Å². The molecule has 0 saturated carbocycles. The van der Waals surface area contributed by atoms with Crippen LogP contribution in [0.4, 0.5) is 4.39 Å². The standard InChI is InChI=1S/C22H34FN3O4.HI/c1-3-24-22(26-9-6-20(7-10-26)29-12-4-11-27-2)25-8-5-17-13-19(23)14-18-15-28-16-30-21(17)18;/h13-14,20H,3-12,15-16H2,1-2H3,(H,24,25);1H. The summed E-state index contributed by atoms with van der Waals surface area (Å²) in [5, 5.41) is 3.38. The fourth-order valence-corrected chi connectivity index (χ4v) is 3.84. The lowest BCUT2D eigenvalue weighted by Crippen LogP contribution is -2.47. The van der Waals surface area contributed by atoms with E-state index in [1.165, 1.54) is 6.07 Å². The van der Waals surface area contributed by atoms with Crippen LogP contribution in [0.25, 0.3) is 0 Å². The van der Waals surface area contributed by atoms with Gasteiger partial charge in [0.2, 0.25) is 0 Å². The summed E-state index contributed by atoms with van der Waals surface area (Å²) in [5.74, 6) is 1.39. The topological polar surface area (TPSA) is 64.6 Å². The predicted molar refractivity (Wildman–Crippen MR) is 129 cm³/mol. The summed E-state index contributed by atoms with van der Waals surface area (Å²) in [6.07, 6.45) is 3.83. The second kappa shape index (κ2) is 14.1. The van der Waals surface area contributed by atoms with Crippen molar-refractivity contribution in [2.45, 2.75) is 45.3 Å². The van der Waals surface area contributed by atoms with Crippen molar-refractivity contribution in [2.24, 2.45) is 4.99 Å². The van der Waals surface area contributed by atoms with Gasteiger partial charge >= 0.3 is 0 Å². The molecule has 2 aliphatic heterocycles. The van der Waals surface area contributed by atoms with Crippen molar-refractivity contribution >= 4 is 29.9 Å². The van der Waals surface area contributed by atoms with Gasteiger partial charge in [-0.2, -0.15) is 0 Å². The van der Waals surface area contributed by atoms with E-state index >= 15 is 0 Å². The molecule has 31 heavy (non-hydrogen) atoms. The Labute approximate surface area is 201 Å². The van der Waals surface area contributed by atoms with Crippen LogP contribution < -0.4 is 10.1 Å². The maximum Gasteiger partial charge on any atom is 0.193 e. The third kappa shape index (κ3) is 8.03. The van der Waals surface area contributed by atoms with Crippen LogP contribution >= 0.6 is 24.0 Å². The maximum atomic E-state index is 13.9. The highest BCUT2D eigenvalue weighted by atomic mass is 127. The number of likely N-dealkylation sites (tertiary alicyclic amines) is 1. The molecule has 1 N–H and O–H groups in total. The highest BCUT2D eigenvalue weighted by molar-refractivity contribution is 14.0. The van der Waals surface area contributed by atoms with Crippen LogP contribution in [0, 0.1) is 5.82 Å². The van der Waals surface area contributed by atoms with E-state index in [4.69, 9.17) is 23.9 Å². The second-order valence-electron chi connectivity index (χ2n) is 7.55. The van der Waals surface area contributed by atoms with E-state index in [-0.39, 0.29) is 36.6 Å². The molecule has 0 aliphatic carbocycles. The number of hydrogen-bond donors (Lipinski definition) is 1. The van der Waals surface area contributed by atoms with E-state index in [1.54, 1.807) is 13.2 Å². The smallest absolute Gasteiger partial charge is 0.193 e. The first-order valence-electron chi connectivity index (χ1n) is 10.9.